The topological polar surface area (TPSA) is 125 Å². The van der Waals surface area contributed by atoms with Crippen LogP contribution in [0.3, 0.4) is 0 Å². The molecule has 4 aromatic rings. The van der Waals surface area contributed by atoms with Crippen molar-refractivity contribution >= 4 is 30.1 Å². The number of para-hydroxylation sites is 1. The summed E-state index contributed by atoms with van der Waals surface area (Å²) in [6, 6.07) is 9.23. The van der Waals surface area contributed by atoms with Crippen molar-refractivity contribution in [3.8, 4) is 28.8 Å². The van der Waals surface area contributed by atoms with Crippen LogP contribution in [0, 0.1) is 5.82 Å². The van der Waals surface area contributed by atoms with Gasteiger partial charge in [-0.3, -0.25) is 4.57 Å². The first-order valence-electron chi connectivity index (χ1n) is 12.4. The van der Waals surface area contributed by atoms with E-state index >= 15 is 0 Å². The van der Waals surface area contributed by atoms with Gasteiger partial charge in [-0.05, 0) is 37.3 Å². The highest BCUT2D eigenvalue weighted by Crippen LogP contribution is 2.39. The fraction of sp³-hybridized carbons (Fsp3) is 0.308. The zero-order chi connectivity index (χ0) is 29.1. The van der Waals surface area contributed by atoms with Gasteiger partial charge in [-0.15, -0.1) is 24.3 Å². The minimum atomic E-state index is -4.20. The molecule has 0 bridgehead atoms. The van der Waals surface area contributed by atoms with Crippen molar-refractivity contribution in [2.45, 2.75) is 32.6 Å². The van der Waals surface area contributed by atoms with Crippen molar-refractivity contribution in [2.75, 3.05) is 25.1 Å². The molecule has 14 heteroatoms. The molecular formula is C26H31FN6O5SSi-. The first-order chi connectivity index (χ1) is 19.0. The Bertz CT molecular complexity index is 1580. The molecule has 11 nitrogen and oxygen atoms in total. The van der Waals surface area contributed by atoms with Gasteiger partial charge < -0.3 is 13.9 Å². The average molecular weight is 587 g/mol. The Morgan fingerprint density at radius 1 is 1.07 bits per heavy atom. The van der Waals surface area contributed by atoms with Crippen molar-refractivity contribution in [1.29, 1.82) is 0 Å². The van der Waals surface area contributed by atoms with Crippen molar-refractivity contribution in [1.82, 2.24) is 24.7 Å². The van der Waals surface area contributed by atoms with Crippen molar-refractivity contribution < 1.29 is 26.7 Å². The van der Waals surface area contributed by atoms with E-state index in [0.29, 0.717) is 29.0 Å². The van der Waals surface area contributed by atoms with E-state index in [-0.39, 0.29) is 29.0 Å². The zero-order valence-electron chi connectivity index (χ0n) is 23.1. The van der Waals surface area contributed by atoms with Crippen molar-refractivity contribution in [2.24, 2.45) is 0 Å². The number of benzene rings is 1. The fourth-order valence-electron chi connectivity index (χ4n) is 3.85. The molecule has 0 aliphatic carbocycles. The molecule has 213 valence electrons. The normalized spacial score (nSPS) is 12.4. The number of halogens is 1. The molecule has 0 atom stereocenters. The number of aromatic nitrogens is 5. The Labute approximate surface area is 233 Å². The summed E-state index contributed by atoms with van der Waals surface area (Å²) in [6.45, 7) is 8.00. The number of hydrogen-bond donors (Lipinski definition) is 0. The predicted molar refractivity (Wildman–Crippen MR) is 152 cm³/mol. The molecule has 0 aliphatic rings. The summed E-state index contributed by atoms with van der Waals surface area (Å²) < 4.78 is 61.4. The maximum atomic E-state index is 14.2. The Morgan fingerprint density at radius 2 is 1.73 bits per heavy atom. The van der Waals surface area contributed by atoms with Crippen LogP contribution in [0.5, 0.6) is 11.5 Å². The highest BCUT2D eigenvalue weighted by atomic mass is 32.2. The Balaban J connectivity index is 1.98. The van der Waals surface area contributed by atoms with Gasteiger partial charge in [0.25, 0.3) is 10.0 Å². The summed E-state index contributed by atoms with van der Waals surface area (Å²) in [6.07, 6.45) is 4.72. The SMILES string of the molecule is COc1cccc(OC)c1-n1c(-c2ccco2)nnc1N(CC[Si-](C)(C)C)S(=O)(=O)/C(C)=C\c1ncc(F)cn1. The van der Waals surface area contributed by atoms with Gasteiger partial charge in [0, 0.05) is 6.54 Å². The minimum absolute atomic E-state index is 0.0141. The van der Waals surface area contributed by atoms with E-state index in [4.69, 9.17) is 13.9 Å². The lowest BCUT2D eigenvalue weighted by molar-refractivity contribution is 0.391. The summed E-state index contributed by atoms with van der Waals surface area (Å²) in [5.41, 5.74) is 0.399. The lowest BCUT2D eigenvalue weighted by Crippen LogP contribution is -2.38. The summed E-state index contributed by atoms with van der Waals surface area (Å²) >= 11 is 0. The second-order valence-electron chi connectivity index (χ2n) is 10.0. The molecule has 0 aliphatic heterocycles. The molecule has 3 heterocycles. The second kappa shape index (κ2) is 11.6. The molecule has 1 aromatic carbocycles. The number of nitrogens with zero attached hydrogens (tertiary/aromatic N) is 6. The highest BCUT2D eigenvalue weighted by molar-refractivity contribution is 7.96. The molecule has 0 unspecified atom stereocenters. The third-order valence-electron chi connectivity index (χ3n) is 5.97. The second-order valence-corrected chi connectivity index (χ2v) is 17.7. The summed E-state index contributed by atoms with van der Waals surface area (Å²) in [7, 11) is -2.94. The number of rotatable bonds is 11. The smallest absolute Gasteiger partial charge is 0.262 e. The number of ether oxygens (including phenoxy) is 2. The van der Waals surface area contributed by atoms with Crippen LogP contribution >= 0.6 is 0 Å². The number of hydrogen-bond acceptors (Lipinski definition) is 9. The van der Waals surface area contributed by atoms with E-state index in [1.165, 1.54) is 37.8 Å². The maximum absolute atomic E-state index is 14.2. The number of allylic oxidation sites excluding steroid dienone is 1. The van der Waals surface area contributed by atoms with Gasteiger partial charge in [-0.25, -0.2) is 27.1 Å². The van der Waals surface area contributed by atoms with Crippen LogP contribution in [0.15, 0.2) is 58.3 Å². The summed E-state index contributed by atoms with van der Waals surface area (Å²) in [5.74, 6) is 0.863. The monoisotopic (exact) mass is 586 g/mol. The molecule has 0 saturated carbocycles. The molecule has 0 amide bonds. The van der Waals surface area contributed by atoms with Crippen LogP contribution in [-0.4, -0.2) is 62.0 Å². The fourth-order valence-corrected chi connectivity index (χ4v) is 6.18. The molecule has 0 radical (unpaired) electrons. The Hall–Kier alpha value is -4.04. The van der Waals surface area contributed by atoms with Crippen LogP contribution in [0.1, 0.15) is 12.7 Å². The van der Waals surface area contributed by atoms with Crippen molar-refractivity contribution in [3.05, 3.63) is 65.5 Å². The number of methoxy groups -OCH3 is 2. The van der Waals surface area contributed by atoms with E-state index in [2.05, 4.69) is 39.8 Å². The van der Waals surface area contributed by atoms with Gasteiger partial charge >= 0.3 is 0 Å². The molecule has 0 N–H and O–H groups in total. The summed E-state index contributed by atoms with van der Waals surface area (Å²) in [4.78, 5) is 7.70. The Morgan fingerprint density at radius 3 is 2.27 bits per heavy atom. The molecule has 4 rings (SSSR count). The third-order valence-corrected chi connectivity index (χ3v) is 9.55. The van der Waals surface area contributed by atoms with E-state index in [9.17, 15) is 12.8 Å². The highest BCUT2D eigenvalue weighted by Gasteiger charge is 2.33. The third kappa shape index (κ3) is 6.07. The number of sulfonamides is 1. The van der Waals surface area contributed by atoms with Gasteiger partial charge in [-0.2, -0.15) is 19.6 Å². The molecule has 0 fully saturated rings. The lowest BCUT2D eigenvalue weighted by Gasteiger charge is -2.32. The van der Waals surface area contributed by atoms with E-state index in [1.54, 1.807) is 34.9 Å². The minimum Gasteiger partial charge on any atom is -0.494 e. The van der Waals surface area contributed by atoms with E-state index in [1.807, 2.05) is 0 Å². The Kier molecular flexibility index (Phi) is 8.39. The lowest BCUT2D eigenvalue weighted by atomic mass is 10.2. The predicted octanol–water partition coefficient (Wildman–Crippen LogP) is 5.01. The first-order valence-corrected chi connectivity index (χ1v) is 17.5. The van der Waals surface area contributed by atoms with Gasteiger partial charge in [0.1, 0.15) is 17.2 Å². The quantitative estimate of drug-likeness (QED) is 0.223. The van der Waals surface area contributed by atoms with Crippen LogP contribution < -0.4 is 13.8 Å². The van der Waals surface area contributed by atoms with Gasteiger partial charge in [0.2, 0.25) is 11.8 Å². The number of anilines is 1. The summed E-state index contributed by atoms with van der Waals surface area (Å²) in [5, 5.41) is 8.71. The zero-order valence-corrected chi connectivity index (χ0v) is 24.9. The molecule has 0 spiro atoms. The van der Waals surface area contributed by atoms with Gasteiger partial charge in [0.05, 0.1) is 37.8 Å². The van der Waals surface area contributed by atoms with Crippen LogP contribution in [0.2, 0.25) is 25.7 Å². The van der Waals surface area contributed by atoms with E-state index in [0.717, 1.165) is 12.4 Å². The van der Waals surface area contributed by atoms with Crippen LogP contribution in [0.25, 0.3) is 23.3 Å². The van der Waals surface area contributed by atoms with Gasteiger partial charge in [0.15, 0.2) is 17.4 Å². The molecule has 40 heavy (non-hydrogen) atoms. The standard InChI is InChI=1S/C26H31FN6O5SSi/c1-18(15-23-28-16-19(27)17-29-23)39(34,35)32(12-14-40(4,5)6)26-31-30-25(22-11-8-13-38-22)33(26)24-20(36-2)9-7-10-21(24)37-3/h7-11,13,15-17H,12,14H2,1-6H3/q-1/b18-15-. The average Bonchev–Trinajstić information content (AvgIpc) is 3.59. The molecule has 0 saturated heterocycles. The van der Waals surface area contributed by atoms with Crippen LogP contribution in [-0.2, 0) is 10.0 Å². The number of furan rings is 1. The van der Waals surface area contributed by atoms with Crippen LogP contribution in [0.4, 0.5) is 10.3 Å². The first kappa shape index (κ1) is 29.0. The largest absolute Gasteiger partial charge is 0.494 e. The van der Waals surface area contributed by atoms with Gasteiger partial charge in [-0.1, -0.05) is 6.07 Å². The molecule has 3 aromatic heterocycles. The molecular weight excluding hydrogens is 555 g/mol. The van der Waals surface area contributed by atoms with Crippen molar-refractivity contribution in [3.63, 3.8) is 0 Å². The van der Waals surface area contributed by atoms with E-state index < -0.39 is 23.9 Å². The maximum Gasteiger partial charge on any atom is 0.262 e.